The Hall–Kier alpha value is -0.530. The summed E-state index contributed by atoms with van der Waals surface area (Å²) in [5.74, 6) is 0.132. The van der Waals surface area contributed by atoms with E-state index in [-0.39, 0.29) is 11.3 Å². The molecule has 0 aliphatic heterocycles. The van der Waals surface area contributed by atoms with Gasteiger partial charge < -0.3 is 4.90 Å². The summed E-state index contributed by atoms with van der Waals surface area (Å²) >= 11 is 0. The Balaban J connectivity index is 4.25. The van der Waals surface area contributed by atoms with Gasteiger partial charge in [-0.25, -0.2) is 0 Å². The van der Waals surface area contributed by atoms with Crippen LogP contribution in [0, 0.1) is 5.41 Å². The van der Waals surface area contributed by atoms with E-state index >= 15 is 0 Å². The van der Waals surface area contributed by atoms with Crippen molar-refractivity contribution in [2.45, 2.75) is 40.7 Å². The average molecular weight is 157 g/mol. The van der Waals surface area contributed by atoms with Gasteiger partial charge in [0.1, 0.15) is 0 Å². The van der Waals surface area contributed by atoms with E-state index in [1.807, 2.05) is 7.05 Å². The molecule has 1 unspecified atom stereocenters. The van der Waals surface area contributed by atoms with Gasteiger partial charge in [0.2, 0.25) is 5.91 Å². The monoisotopic (exact) mass is 157 g/mol. The largest absolute Gasteiger partial charge is 0.343 e. The topological polar surface area (TPSA) is 20.3 Å². The Bertz CT molecular complexity index is 146. The minimum atomic E-state index is 0.132. The van der Waals surface area contributed by atoms with Crippen molar-refractivity contribution in [1.82, 2.24) is 4.90 Å². The molecule has 0 aliphatic rings. The van der Waals surface area contributed by atoms with E-state index in [1.54, 1.807) is 11.8 Å². The summed E-state index contributed by atoms with van der Waals surface area (Å²) in [5, 5.41) is 0. The first-order chi connectivity index (χ1) is 4.76. The molecule has 0 saturated carbocycles. The van der Waals surface area contributed by atoms with E-state index in [2.05, 4.69) is 27.7 Å². The summed E-state index contributed by atoms with van der Waals surface area (Å²) in [6.07, 6.45) is 0. The number of carbonyl (C=O) groups is 1. The maximum atomic E-state index is 11.0. The number of hydrogen-bond donors (Lipinski definition) is 0. The Morgan fingerprint density at radius 2 is 1.73 bits per heavy atom. The molecule has 11 heavy (non-hydrogen) atoms. The van der Waals surface area contributed by atoms with E-state index in [0.717, 1.165) is 0 Å². The molecular weight excluding hydrogens is 138 g/mol. The summed E-state index contributed by atoms with van der Waals surface area (Å²) in [5.41, 5.74) is 0.167. The first kappa shape index (κ1) is 10.5. The lowest BCUT2D eigenvalue weighted by Crippen LogP contribution is -2.41. The molecule has 66 valence electrons. The van der Waals surface area contributed by atoms with Gasteiger partial charge in [-0.05, 0) is 12.3 Å². The minimum absolute atomic E-state index is 0.132. The minimum Gasteiger partial charge on any atom is -0.343 e. The molecule has 2 heteroatoms. The average Bonchev–Trinajstić information content (AvgIpc) is 1.82. The molecule has 0 aliphatic carbocycles. The molecule has 0 aromatic carbocycles. The smallest absolute Gasteiger partial charge is 0.219 e. The Labute approximate surface area is 69.6 Å². The summed E-state index contributed by atoms with van der Waals surface area (Å²) in [4.78, 5) is 12.7. The number of rotatable bonds is 1. The van der Waals surface area contributed by atoms with Gasteiger partial charge in [0.25, 0.3) is 0 Å². The van der Waals surface area contributed by atoms with Crippen LogP contribution in [0.3, 0.4) is 0 Å². The lowest BCUT2D eigenvalue weighted by Gasteiger charge is -2.34. The lowest BCUT2D eigenvalue weighted by atomic mass is 9.87. The summed E-state index contributed by atoms with van der Waals surface area (Å²) in [6.45, 7) is 10.1. The number of nitrogens with zero attached hydrogens (tertiary/aromatic N) is 1. The zero-order valence-electron chi connectivity index (χ0n) is 8.43. The second-order valence-electron chi connectivity index (χ2n) is 4.17. The van der Waals surface area contributed by atoms with E-state index < -0.39 is 0 Å². The molecule has 0 saturated heterocycles. The van der Waals surface area contributed by atoms with Crippen molar-refractivity contribution >= 4 is 5.91 Å². The highest BCUT2D eigenvalue weighted by Gasteiger charge is 2.24. The predicted molar refractivity (Wildman–Crippen MR) is 47.4 cm³/mol. The number of hydrogen-bond acceptors (Lipinski definition) is 1. The highest BCUT2D eigenvalue weighted by atomic mass is 16.2. The molecular formula is C9H19NO. The molecule has 0 N–H and O–H groups in total. The standard InChI is InChI=1S/C9H19NO/c1-7(9(3,4)5)10(6)8(2)11/h7H,1-6H3. The third kappa shape index (κ3) is 2.91. The molecule has 0 aromatic heterocycles. The molecule has 0 spiro atoms. The quantitative estimate of drug-likeness (QED) is 0.569. The van der Waals surface area contributed by atoms with E-state index in [9.17, 15) is 4.79 Å². The highest BCUT2D eigenvalue weighted by molar-refractivity contribution is 5.73. The fraction of sp³-hybridized carbons (Fsp3) is 0.889. The van der Waals surface area contributed by atoms with Crippen LogP contribution in [-0.2, 0) is 4.79 Å². The van der Waals surface area contributed by atoms with Gasteiger partial charge in [0.15, 0.2) is 0 Å². The van der Waals surface area contributed by atoms with Gasteiger partial charge in [0.05, 0.1) is 0 Å². The molecule has 1 amide bonds. The van der Waals surface area contributed by atoms with Crippen molar-refractivity contribution < 1.29 is 4.79 Å². The fourth-order valence-electron chi connectivity index (χ4n) is 0.854. The van der Waals surface area contributed by atoms with Crippen molar-refractivity contribution in [2.75, 3.05) is 7.05 Å². The van der Waals surface area contributed by atoms with Crippen molar-refractivity contribution in [3.05, 3.63) is 0 Å². The first-order valence-corrected chi connectivity index (χ1v) is 4.00. The van der Waals surface area contributed by atoms with Crippen LogP contribution in [-0.4, -0.2) is 23.9 Å². The van der Waals surface area contributed by atoms with Crippen LogP contribution >= 0.6 is 0 Å². The molecule has 0 aromatic rings. The van der Waals surface area contributed by atoms with Crippen LogP contribution in [0.2, 0.25) is 0 Å². The van der Waals surface area contributed by atoms with Crippen LogP contribution in [0.1, 0.15) is 34.6 Å². The van der Waals surface area contributed by atoms with Gasteiger partial charge in [-0.2, -0.15) is 0 Å². The van der Waals surface area contributed by atoms with Crippen LogP contribution in [0.5, 0.6) is 0 Å². The summed E-state index contributed by atoms with van der Waals surface area (Å²) in [6, 6.07) is 0.292. The third-order valence-electron chi connectivity index (χ3n) is 2.33. The van der Waals surface area contributed by atoms with Crippen molar-refractivity contribution in [3.8, 4) is 0 Å². The second kappa shape index (κ2) is 3.24. The van der Waals surface area contributed by atoms with Crippen LogP contribution in [0.4, 0.5) is 0 Å². The van der Waals surface area contributed by atoms with Crippen molar-refractivity contribution in [1.29, 1.82) is 0 Å². The van der Waals surface area contributed by atoms with Gasteiger partial charge in [-0.3, -0.25) is 4.79 Å². The predicted octanol–water partition coefficient (Wildman–Crippen LogP) is 1.90. The molecule has 0 fully saturated rings. The highest BCUT2D eigenvalue weighted by Crippen LogP contribution is 2.22. The molecule has 0 radical (unpaired) electrons. The van der Waals surface area contributed by atoms with Crippen molar-refractivity contribution in [3.63, 3.8) is 0 Å². The number of carbonyl (C=O) groups excluding carboxylic acids is 1. The molecule has 0 bridgehead atoms. The van der Waals surface area contributed by atoms with Crippen LogP contribution < -0.4 is 0 Å². The van der Waals surface area contributed by atoms with E-state index in [4.69, 9.17) is 0 Å². The zero-order chi connectivity index (χ0) is 9.23. The fourth-order valence-corrected chi connectivity index (χ4v) is 0.854. The lowest BCUT2D eigenvalue weighted by molar-refractivity contribution is -0.131. The first-order valence-electron chi connectivity index (χ1n) is 4.00. The summed E-state index contributed by atoms with van der Waals surface area (Å²) < 4.78 is 0. The van der Waals surface area contributed by atoms with Crippen LogP contribution in [0.15, 0.2) is 0 Å². The SMILES string of the molecule is CC(=O)N(C)C(C)C(C)(C)C. The van der Waals surface area contributed by atoms with Gasteiger partial charge in [-0.1, -0.05) is 20.8 Å². The Kier molecular flexibility index (Phi) is 3.09. The molecule has 1 atom stereocenters. The molecule has 0 heterocycles. The molecule has 2 nitrogen and oxygen atoms in total. The van der Waals surface area contributed by atoms with Gasteiger partial charge in [-0.15, -0.1) is 0 Å². The van der Waals surface area contributed by atoms with Gasteiger partial charge in [0, 0.05) is 20.0 Å². The maximum Gasteiger partial charge on any atom is 0.219 e. The molecule has 0 rings (SSSR count). The summed E-state index contributed by atoms with van der Waals surface area (Å²) in [7, 11) is 1.85. The zero-order valence-corrected chi connectivity index (χ0v) is 8.43. The Morgan fingerprint density at radius 3 is 1.82 bits per heavy atom. The number of amides is 1. The van der Waals surface area contributed by atoms with E-state index in [1.165, 1.54) is 0 Å². The van der Waals surface area contributed by atoms with E-state index in [0.29, 0.717) is 6.04 Å². The normalized spacial score (nSPS) is 14.4. The third-order valence-corrected chi connectivity index (χ3v) is 2.33. The van der Waals surface area contributed by atoms with Gasteiger partial charge >= 0.3 is 0 Å². The second-order valence-corrected chi connectivity index (χ2v) is 4.17. The van der Waals surface area contributed by atoms with Crippen LogP contribution in [0.25, 0.3) is 0 Å². The maximum absolute atomic E-state index is 11.0. The Morgan fingerprint density at radius 1 is 1.36 bits per heavy atom. The van der Waals surface area contributed by atoms with Crippen molar-refractivity contribution in [2.24, 2.45) is 5.41 Å².